The van der Waals surface area contributed by atoms with Crippen molar-refractivity contribution in [1.82, 2.24) is 4.90 Å². The molecule has 6 atom stereocenters. The van der Waals surface area contributed by atoms with E-state index in [0.717, 1.165) is 16.5 Å². The van der Waals surface area contributed by atoms with Crippen LogP contribution in [-0.2, 0) is 19.1 Å². The predicted octanol–water partition coefficient (Wildman–Crippen LogP) is 4.16. The van der Waals surface area contributed by atoms with Crippen molar-refractivity contribution in [1.29, 1.82) is 0 Å². The van der Waals surface area contributed by atoms with Gasteiger partial charge < -0.3 is 19.6 Å². The van der Waals surface area contributed by atoms with Crippen molar-refractivity contribution in [2.45, 2.75) is 47.1 Å². The molecule has 3 fully saturated rings. The monoisotopic (exact) mass is 600 g/mol. The van der Waals surface area contributed by atoms with Crippen molar-refractivity contribution in [3.8, 4) is 0 Å². The summed E-state index contributed by atoms with van der Waals surface area (Å²) in [5, 5.41) is 11.3. The maximum Gasteiger partial charge on any atom is 0.310 e. The van der Waals surface area contributed by atoms with Gasteiger partial charge in [0.15, 0.2) is 0 Å². The Balaban J connectivity index is 1.57. The second-order valence-corrected chi connectivity index (χ2v) is 12.9. The molecule has 3 aliphatic rings. The Kier molecular flexibility index (Phi) is 7.89. The van der Waals surface area contributed by atoms with E-state index in [1.165, 1.54) is 0 Å². The van der Waals surface area contributed by atoms with Gasteiger partial charge in [0.05, 0.1) is 23.2 Å². The normalized spacial score (nSPS) is 29.5. The number of thioether (sulfide) groups is 1. The zero-order chi connectivity index (χ0) is 27.0. The minimum atomic E-state index is -0.736. The quantitative estimate of drug-likeness (QED) is 0.191. The zero-order valence-electron chi connectivity index (χ0n) is 21.4. The van der Waals surface area contributed by atoms with E-state index in [4.69, 9.17) is 4.74 Å². The molecule has 5 rings (SSSR count). The third kappa shape index (κ3) is 4.36. The fraction of sp³-hybridized carbons (Fsp3) is 0.483. The molecule has 3 unspecified atom stereocenters. The highest BCUT2D eigenvalue weighted by molar-refractivity contribution is 9.09. The summed E-state index contributed by atoms with van der Waals surface area (Å²) >= 11 is 5.38. The van der Waals surface area contributed by atoms with E-state index in [2.05, 4.69) is 22.5 Å². The number of aliphatic hydroxyl groups is 1. The molecule has 3 heterocycles. The van der Waals surface area contributed by atoms with Crippen LogP contribution in [0.25, 0.3) is 10.8 Å². The van der Waals surface area contributed by atoms with E-state index < -0.39 is 22.6 Å². The fourth-order valence-corrected chi connectivity index (χ4v) is 10.1. The number of fused-ring (bicyclic) bond motifs is 2. The molecule has 202 valence electrons. The maximum atomic E-state index is 14.6. The number of halogens is 1. The van der Waals surface area contributed by atoms with Gasteiger partial charge in [0.1, 0.15) is 6.04 Å². The third-order valence-corrected chi connectivity index (χ3v) is 11.2. The van der Waals surface area contributed by atoms with E-state index >= 15 is 0 Å². The van der Waals surface area contributed by atoms with Crippen molar-refractivity contribution < 1.29 is 24.2 Å². The van der Waals surface area contributed by atoms with Crippen molar-refractivity contribution in [2.24, 2.45) is 11.8 Å². The minimum Gasteiger partial charge on any atom is -0.466 e. The van der Waals surface area contributed by atoms with Crippen molar-refractivity contribution in [3.63, 3.8) is 0 Å². The number of nitrogens with zero attached hydrogens (tertiary/aromatic N) is 2. The molecular weight excluding hydrogens is 568 g/mol. The number of amides is 2. The van der Waals surface area contributed by atoms with Crippen LogP contribution in [0.4, 0.5) is 5.69 Å². The van der Waals surface area contributed by atoms with E-state index in [1.807, 2.05) is 42.5 Å². The number of ether oxygens (including phenoxy) is 1. The van der Waals surface area contributed by atoms with Gasteiger partial charge in [-0.2, -0.15) is 0 Å². The van der Waals surface area contributed by atoms with E-state index in [0.29, 0.717) is 32.4 Å². The van der Waals surface area contributed by atoms with Crippen molar-refractivity contribution >= 4 is 61.9 Å². The maximum absolute atomic E-state index is 14.6. The lowest BCUT2D eigenvalue weighted by Crippen LogP contribution is -2.55. The van der Waals surface area contributed by atoms with Gasteiger partial charge in [0.25, 0.3) is 5.91 Å². The number of likely N-dealkylation sites (tertiary alicyclic amines) is 1. The molecule has 0 aliphatic carbocycles. The number of anilines is 1. The molecule has 1 spiro atoms. The molecule has 0 saturated carbocycles. The number of benzene rings is 2. The van der Waals surface area contributed by atoms with Crippen molar-refractivity contribution in [2.75, 3.05) is 31.2 Å². The summed E-state index contributed by atoms with van der Waals surface area (Å²) in [5.41, 5.74) is 0.742. The molecule has 2 aromatic carbocycles. The van der Waals surface area contributed by atoms with Crippen LogP contribution in [0.3, 0.4) is 0 Å². The van der Waals surface area contributed by atoms with Crippen LogP contribution in [-0.4, -0.2) is 75.0 Å². The van der Waals surface area contributed by atoms with Gasteiger partial charge in [-0.3, -0.25) is 14.4 Å². The van der Waals surface area contributed by atoms with Gasteiger partial charge in [-0.1, -0.05) is 52.3 Å². The smallest absolute Gasteiger partial charge is 0.310 e. The number of unbranched alkanes of at least 4 members (excludes halogenated alkanes) is 1. The van der Waals surface area contributed by atoms with Gasteiger partial charge in [-0.05, 0) is 49.1 Å². The molecular formula is C29H33BrN2O5S. The molecule has 2 bridgehead atoms. The van der Waals surface area contributed by atoms with E-state index in [9.17, 15) is 19.5 Å². The number of carbonyl (C=O) groups is 3. The Morgan fingerprint density at radius 3 is 2.74 bits per heavy atom. The predicted molar refractivity (Wildman–Crippen MR) is 153 cm³/mol. The van der Waals surface area contributed by atoms with Crippen LogP contribution >= 0.6 is 27.7 Å². The molecule has 1 N–H and O–H groups in total. The van der Waals surface area contributed by atoms with Crippen LogP contribution in [0.2, 0.25) is 0 Å². The molecule has 0 aromatic heterocycles. The van der Waals surface area contributed by atoms with E-state index in [-0.39, 0.29) is 41.1 Å². The van der Waals surface area contributed by atoms with Crippen LogP contribution in [0.1, 0.15) is 26.2 Å². The Hall–Kier alpha value is -2.36. The number of hydrogen-bond donors (Lipinski definition) is 1. The third-order valence-electron chi connectivity index (χ3n) is 8.01. The Morgan fingerprint density at radius 2 is 2.03 bits per heavy atom. The van der Waals surface area contributed by atoms with Gasteiger partial charge in [-0.15, -0.1) is 18.3 Å². The average molecular weight is 602 g/mol. The zero-order valence-corrected chi connectivity index (χ0v) is 23.8. The Labute approximate surface area is 235 Å². The van der Waals surface area contributed by atoms with Crippen molar-refractivity contribution in [3.05, 3.63) is 55.1 Å². The largest absolute Gasteiger partial charge is 0.466 e. The van der Waals surface area contributed by atoms with Gasteiger partial charge >= 0.3 is 5.97 Å². The second kappa shape index (κ2) is 11.0. The van der Waals surface area contributed by atoms with Crippen LogP contribution < -0.4 is 4.90 Å². The molecule has 7 nitrogen and oxygen atoms in total. The lowest BCUT2D eigenvalue weighted by atomic mass is 9.71. The average Bonchev–Trinajstić information content (AvgIpc) is 3.50. The first kappa shape index (κ1) is 27.2. The summed E-state index contributed by atoms with van der Waals surface area (Å²) < 4.78 is 4.68. The first-order valence-corrected chi connectivity index (χ1v) is 15.0. The molecule has 0 radical (unpaired) electrons. The lowest BCUT2D eigenvalue weighted by Gasteiger charge is -2.38. The van der Waals surface area contributed by atoms with Crippen LogP contribution in [0.15, 0.2) is 55.1 Å². The molecule has 3 saturated heterocycles. The summed E-state index contributed by atoms with van der Waals surface area (Å²) in [5.74, 6) is -1.91. The SMILES string of the molecule is C=CCN(C(=O)C1N(CCCCO)C(=O)[C@@H]2[C@@H](C(=O)OCC)[C@@H]3SC12CC3Br)c1ccc2ccccc2c1. The number of hydrogen-bond acceptors (Lipinski definition) is 6. The Bertz CT molecular complexity index is 1260. The number of carbonyl (C=O) groups excluding carboxylic acids is 3. The fourth-order valence-electron chi connectivity index (χ4n) is 6.50. The summed E-state index contributed by atoms with van der Waals surface area (Å²) in [6, 6.07) is 13.2. The highest BCUT2D eigenvalue weighted by Gasteiger charge is 2.76. The Morgan fingerprint density at radius 1 is 1.26 bits per heavy atom. The lowest BCUT2D eigenvalue weighted by molar-refractivity contribution is -0.153. The molecule has 38 heavy (non-hydrogen) atoms. The summed E-state index contributed by atoms with van der Waals surface area (Å²) in [6.07, 6.45) is 3.41. The van der Waals surface area contributed by atoms with Gasteiger partial charge in [0, 0.05) is 35.5 Å². The van der Waals surface area contributed by atoms with E-state index in [1.54, 1.807) is 34.6 Å². The number of alkyl halides is 1. The number of esters is 1. The highest BCUT2D eigenvalue weighted by Crippen LogP contribution is 2.68. The highest BCUT2D eigenvalue weighted by atomic mass is 79.9. The first-order valence-electron chi connectivity index (χ1n) is 13.2. The van der Waals surface area contributed by atoms with Gasteiger partial charge in [-0.25, -0.2) is 0 Å². The summed E-state index contributed by atoms with van der Waals surface area (Å²) in [4.78, 5) is 45.1. The van der Waals surface area contributed by atoms with Crippen LogP contribution in [0, 0.1) is 11.8 Å². The van der Waals surface area contributed by atoms with Gasteiger partial charge in [0.2, 0.25) is 5.91 Å². The molecule has 3 aliphatic heterocycles. The standard InChI is InChI=1S/C29H33BrN2O5S/c1-3-13-31(20-12-11-18-9-5-6-10-19(18)16-20)27(35)25-29-17-21(30)24(38-29)22(28(36)37-4-2)23(29)26(34)32(25)14-7-8-15-33/h3,5-6,9-12,16,21-25,33H,1,4,7-8,13-15,17H2,2H3/t21?,22-,23+,24-,25?,29?/m1/s1. The minimum absolute atomic E-state index is 0.00725. The first-order chi connectivity index (χ1) is 18.4. The summed E-state index contributed by atoms with van der Waals surface area (Å²) in [6.45, 7) is 6.56. The second-order valence-electron chi connectivity index (χ2n) is 10.1. The topological polar surface area (TPSA) is 87.2 Å². The summed E-state index contributed by atoms with van der Waals surface area (Å²) in [7, 11) is 0. The van der Waals surface area contributed by atoms with Crippen LogP contribution in [0.5, 0.6) is 0 Å². The number of aliphatic hydroxyl groups excluding tert-OH is 1. The molecule has 9 heteroatoms. The number of rotatable bonds is 10. The molecule has 2 amide bonds. The molecule has 2 aromatic rings.